The van der Waals surface area contributed by atoms with Crippen molar-refractivity contribution in [1.82, 2.24) is 29.6 Å². The summed E-state index contributed by atoms with van der Waals surface area (Å²) < 4.78 is 13.3. The van der Waals surface area contributed by atoms with Gasteiger partial charge in [0.15, 0.2) is 11.6 Å². The molecule has 0 saturated heterocycles. The molecule has 1 aliphatic rings. The summed E-state index contributed by atoms with van der Waals surface area (Å²) in [5.74, 6) is 2.56. The van der Waals surface area contributed by atoms with Crippen LogP contribution in [0.15, 0.2) is 97.3 Å². The average Bonchev–Trinajstić information content (AvgIpc) is 3.89. The second-order valence-electron chi connectivity index (χ2n) is 11.7. The minimum atomic E-state index is -0.0247. The molecule has 0 spiro atoms. The van der Waals surface area contributed by atoms with Crippen LogP contribution in [0.2, 0.25) is 5.02 Å². The van der Waals surface area contributed by atoms with E-state index < -0.39 is 0 Å². The molecular formula is C37H35ClN6O3. The van der Waals surface area contributed by atoms with E-state index in [2.05, 4.69) is 9.97 Å². The number of nitrogens with one attached hydrogen (secondary N) is 1. The third-order valence-electron chi connectivity index (χ3n) is 8.67. The number of halogens is 1. The lowest BCUT2D eigenvalue weighted by Gasteiger charge is -2.29. The molecule has 10 heteroatoms. The number of rotatable bonds is 11. The number of H-pyrrole nitrogens is 1. The van der Waals surface area contributed by atoms with Crippen molar-refractivity contribution in [2.24, 2.45) is 0 Å². The summed E-state index contributed by atoms with van der Waals surface area (Å²) in [5, 5.41) is 6.31. The third-order valence-corrected chi connectivity index (χ3v) is 8.97. The van der Waals surface area contributed by atoms with Gasteiger partial charge in [0.2, 0.25) is 0 Å². The zero-order valence-corrected chi connectivity index (χ0v) is 26.9. The maximum atomic E-state index is 14.2. The number of aromatic amines is 1. The Morgan fingerprint density at radius 1 is 0.979 bits per heavy atom. The molecule has 3 heterocycles. The van der Waals surface area contributed by atoms with Crippen LogP contribution in [0, 0.1) is 0 Å². The Bertz CT molecular complexity index is 1990. The van der Waals surface area contributed by atoms with Gasteiger partial charge in [0.25, 0.3) is 5.91 Å². The number of amides is 1. The summed E-state index contributed by atoms with van der Waals surface area (Å²) in [6.07, 6.45) is 7.61. The fraction of sp³-hybridized carbons (Fsp3) is 0.243. The number of carbonyl (C=O) groups is 1. The van der Waals surface area contributed by atoms with Gasteiger partial charge in [-0.3, -0.25) is 9.78 Å². The number of ether oxygens (including phenoxy) is 2. The second kappa shape index (κ2) is 13.7. The third kappa shape index (κ3) is 6.71. The minimum Gasteiger partial charge on any atom is -0.495 e. The topological polar surface area (TPSA) is 98.2 Å². The Morgan fingerprint density at radius 3 is 2.55 bits per heavy atom. The van der Waals surface area contributed by atoms with Gasteiger partial charge in [-0.25, -0.2) is 9.67 Å². The Labute approximate surface area is 278 Å². The minimum absolute atomic E-state index is 0.0247. The van der Waals surface area contributed by atoms with E-state index in [1.807, 2.05) is 94.5 Å². The zero-order chi connectivity index (χ0) is 32.2. The SMILES string of the molecule is COc1ccc(-c2nc(-c3ccncc3)nn2CCN(C(=O)c2cc3cc(OCc4ccccc4)ccc3[nH]2)C2CCCC2)cc1Cl. The first-order chi connectivity index (χ1) is 23.1. The molecule has 3 aromatic heterocycles. The molecule has 6 aromatic rings. The van der Waals surface area contributed by atoms with E-state index in [1.54, 1.807) is 19.5 Å². The summed E-state index contributed by atoms with van der Waals surface area (Å²) in [4.78, 5) is 28.6. The van der Waals surface area contributed by atoms with Crippen molar-refractivity contribution in [3.63, 3.8) is 0 Å². The molecule has 1 saturated carbocycles. The molecule has 0 atom stereocenters. The van der Waals surface area contributed by atoms with Crippen LogP contribution in [0.3, 0.4) is 0 Å². The Balaban J connectivity index is 1.15. The lowest BCUT2D eigenvalue weighted by atomic mass is 10.1. The first-order valence-corrected chi connectivity index (χ1v) is 16.2. The summed E-state index contributed by atoms with van der Waals surface area (Å²) in [7, 11) is 1.59. The molecule has 3 aromatic carbocycles. The van der Waals surface area contributed by atoms with E-state index in [1.165, 1.54) is 0 Å². The number of benzene rings is 3. The van der Waals surface area contributed by atoms with Crippen LogP contribution in [0.5, 0.6) is 11.5 Å². The molecule has 1 amide bonds. The highest BCUT2D eigenvalue weighted by molar-refractivity contribution is 6.32. The number of hydrogen-bond acceptors (Lipinski definition) is 6. The monoisotopic (exact) mass is 646 g/mol. The molecule has 9 nitrogen and oxygen atoms in total. The van der Waals surface area contributed by atoms with Crippen LogP contribution in [-0.2, 0) is 13.2 Å². The van der Waals surface area contributed by atoms with Gasteiger partial charge in [-0.1, -0.05) is 54.8 Å². The van der Waals surface area contributed by atoms with Gasteiger partial charge in [0.1, 0.15) is 23.8 Å². The van der Waals surface area contributed by atoms with Gasteiger partial charge in [-0.15, -0.1) is 0 Å². The van der Waals surface area contributed by atoms with Crippen molar-refractivity contribution < 1.29 is 14.3 Å². The van der Waals surface area contributed by atoms with Gasteiger partial charge in [0, 0.05) is 47.0 Å². The van der Waals surface area contributed by atoms with E-state index in [-0.39, 0.29) is 11.9 Å². The number of hydrogen-bond donors (Lipinski definition) is 1. The molecule has 0 unspecified atom stereocenters. The van der Waals surface area contributed by atoms with Crippen molar-refractivity contribution in [3.05, 3.63) is 114 Å². The molecule has 238 valence electrons. The number of carbonyl (C=O) groups excluding carboxylic acids is 1. The maximum absolute atomic E-state index is 14.2. The van der Waals surface area contributed by atoms with Crippen LogP contribution in [-0.4, -0.2) is 55.2 Å². The smallest absolute Gasteiger partial charge is 0.270 e. The van der Waals surface area contributed by atoms with Gasteiger partial charge >= 0.3 is 0 Å². The molecule has 47 heavy (non-hydrogen) atoms. The Morgan fingerprint density at radius 2 is 1.79 bits per heavy atom. The highest BCUT2D eigenvalue weighted by Crippen LogP contribution is 2.32. The molecule has 0 aliphatic heterocycles. The number of methoxy groups -OCH3 is 1. The van der Waals surface area contributed by atoms with E-state index in [9.17, 15) is 4.79 Å². The number of nitrogens with zero attached hydrogens (tertiary/aromatic N) is 5. The number of aromatic nitrogens is 5. The Hall–Kier alpha value is -5.15. The quantitative estimate of drug-likeness (QED) is 0.154. The highest BCUT2D eigenvalue weighted by atomic mass is 35.5. The summed E-state index contributed by atoms with van der Waals surface area (Å²) in [5.41, 5.74) is 4.22. The maximum Gasteiger partial charge on any atom is 0.270 e. The predicted molar refractivity (Wildman–Crippen MR) is 183 cm³/mol. The molecule has 1 fully saturated rings. The van der Waals surface area contributed by atoms with Gasteiger partial charge in [-0.2, -0.15) is 5.10 Å². The fourth-order valence-electron chi connectivity index (χ4n) is 6.22. The zero-order valence-electron chi connectivity index (χ0n) is 26.1. The molecule has 0 bridgehead atoms. The molecule has 7 rings (SSSR count). The first-order valence-electron chi connectivity index (χ1n) is 15.9. The highest BCUT2D eigenvalue weighted by Gasteiger charge is 2.29. The van der Waals surface area contributed by atoms with E-state index in [0.29, 0.717) is 47.8 Å². The lowest BCUT2D eigenvalue weighted by Crippen LogP contribution is -2.41. The normalized spacial score (nSPS) is 13.2. The van der Waals surface area contributed by atoms with Crippen molar-refractivity contribution in [1.29, 1.82) is 0 Å². The molecule has 0 radical (unpaired) electrons. The van der Waals surface area contributed by atoms with E-state index in [4.69, 9.17) is 31.2 Å². The average molecular weight is 647 g/mol. The lowest BCUT2D eigenvalue weighted by molar-refractivity contribution is 0.0667. The second-order valence-corrected chi connectivity index (χ2v) is 12.1. The summed E-state index contributed by atoms with van der Waals surface area (Å²) in [6.45, 7) is 1.41. The number of pyridine rings is 1. The summed E-state index contributed by atoms with van der Waals surface area (Å²) in [6, 6.07) is 27.4. The van der Waals surface area contributed by atoms with Crippen LogP contribution in [0.4, 0.5) is 0 Å². The number of fused-ring (bicyclic) bond motifs is 1. The molecule has 1 N–H and O–H groups in total. The molecular weight excluding hydrogens is 612 g/mol. The summed E-state index contributed by atoms with van der Waals surface area (Å²) >= 11 is 6.51. The van der Waals surface area contributed by atoms with Gasteiger partial charge in [0.05, 0.1) is 18.7 Å². The van der Waals surface area contributed by atoms with Crippen molar-refractivity contribution in [2.45, 2.75) is 44.9 Å². The standard InChI is InChI=1S/C37H35ClN6O3/c1-46-34-14-11-27(22-31(34)38)36-41-35(26-15-17-39-18-16-26)42-44(36)20-19-43(29-9-5-6-10-29)37(45)33-23-28-21-30(12-13-32(28)40-33)47-24-25-7-3-2-4-8-25/h2-4,7-8,11-18,21-23,29,40H,5-6,9-10,19-20,24H2,1H3. The van der Waals surface area contributed by atoms with Crippen LogP contribution < -0.4 is 9.47 Å². The van der Waals surface area contributed by atoms with Crippen LogP contribution in [0.25, 0.3) is 33.7 Å². The molecule has 1 aliphatic carbocycles. The van der Waals surface area contributed by atoms with E-state index >= 15 is 0 Å². The van der Waals surface area contributed by atoms with E-state index in [0.717, 1.165) is 59.0 Å². The van der Waals surface area contributed by atoms with Crippen LogP contribution in [0.1, 0.15) is 41.7 Å². The fourth-order valence-corrected chi connectivity index (χ4v) is 6.48. The van der Waals surface area contributed by atoms with Crippen molar-refractivity contribution in [3.8, 4) is 34.3 Å². The largest absolute Gasteiger partial charge is 0.495 e. The van der Waals surface area contributed by atoms with Crippen LogP contribution >= 0.6 is 11.6 Å². The first kappa shape index (κ1) is 30.5. The predicted octanol–water partition coefficient (Wildman–Crippen LogP) is 7.81. The Kier molecular flexibility index (Phi) is 8.88. The van der Waals surface area contributed by atoms with Crippen molar-refractivity contribution in [2.75, 3.05) is 13.7 Å². The van der Waals surface area contributed by atoms with Gasteiger partial charge < -0.3 is 19.4 Å². The van der Waals surface area contributed by atoms with Gasteiger partial charge in [-0.05, 0) is 73.0 Å². The van der Waals surface area contributed by atoms with Crippen molar-refractivity contribution >= 4 is 28.4 Å².